The summed E-state index contributed by atoms with van der Waals surface area (Å²) in [6, 6.07) is 15.5. The molecule has 4 rings (SSSR count). The van der Waals surface area contributed by atoms with Gasteiger partial charge >= 0.3 is 5.97 Å². The Bertz CT molecular complexity index is 1320. The Morgan fingerprint density at radius 2 is 1.84 bits per heavy atom. The second kappa shape index (κ2) is 9.09. The van der Waals surface area contributed by atoms with E-state index in [1.165, 1.54) is 16.9 Å². The molecule has 0 amide bonds. The number of thiophene rings is 1. The van der Waals surface area contributed by atoms with Gasteiger partial charge in [-0.2, -0.15) is 0 Å². The van der Waals surface area contributed by atoms with E-state index in [0.717, 1.165) is 21.5 Å². The minimum absolute atomic E-state index is 0.0886. The Morgan fingerprint density at radius 3 is 2.53 bits per heavy atom. The molecule has 0 N–H and O–H groups in total. The molecule has 0 fully saturated rings. The van der Waals surface area contributed by atoms with Crippen LogP contribution >= 0.6 is 11.3 Å². The third-order valence-electron chi connectivity index (χ3n) is 5.31. The van der Waals surface area contributed by atoms with Crippen molar-refractivity contribution in [3.63, 3.8) is 0 Å². The molecule has 5 nitrogen and oxygen atoms in total. The zero-order valence-electron chi connectivity index (χ0n) is 18.7. The van der Waals surface area contributed by atoms with E-state index in [1.807, 2.05) is 25.3 Å². The highest BCUT2D eigenvalue weighted by molar-refractivity contribution is 7.17. The van der Waals surface area contributed by atoms with E-state index in [4.69, 9.17) is 4.74 Å². The standard InChI is InChI=1S/C26H26N2O3S/c1-16(2)19-8-10-20(11-9-19)22-14-32-24-23(22)25(29)28(15-27-24)13-18-6-5-7-21(12-18)26(30)31-17(3)4/h5-12,14-17H,13H2,1-4H3. The second-order valence-corrected chi connectivity index (χ2v) is 9.30. The quantitative estimate of drug-likeness (QED) is 0.348. The molecule has 0 spiro atoms. The maximum Gasteiger partial charge on any atom is 0.338 e. The van der Waals surface area contributed by atoms with Crippen LogP contribution in [-0.2, 0) is 11.3 Å². The van der Waals surface area contributed by atoms with Gasteiger partial charge in [0.1, 0.15) is 4.83 Å². The van der Waals surface area contributed by atoms with E-state index in [9.17, 15) is 9.59 Å². The highest BCUT2D eigenvalue weighted by atomic mass is 32.1. The summed E-state index contributed by atoms with van der Waals surface area (Å²) < 4.78 is 6.87. The molecule has 32 heavy (non-hydrogen) atoms. The number of ether oxygens (including phenoxy) is 1. The topological polar surface area (TPSA) is 61.2 Å². The number of carbonyl (C=O) groups is 1. The van der Waals surface area contributed by atoms with Gasteiger partial charge in [0.2, 0.25) is 0 Å². The normalized spacial score (nSPS) is 11.4. The summed E-state index contributed by atoms with van der Waals surface area (Å²) in [4.78, 5) is 30.8. The first-order chi connectivity index (χ1) is 15.3. The number of esters is 1. The Kier molecular flexibility index (Phi) is 6.24. The van der Waals surface area contributed by atoms with Gasteiger partial charge in [0.05, 0.1) is 29.9 Å². The van der Waals surface area contributed by atoms with E-state index >= 15 is 0 Å². The fraction of sp³-hybridized carbons (Fsp3) is 0.269. The molecule has 0 radical (unpaired) electrons. The monoisotopic (exact) mass is 446 g/mol. The number of carbonyl (C=O) groups excluding carboxylic acids is 1. The van der Waals surface area contributed by atoms with E-state index in [2.05, 4.69) is 43.1 Å². The number of hydrogen-bond acceptors (Lipinski definition) is 5. The van der Waals surface area contributed by atoms with Crippen LogP contribution in [0.2, 0.25) is 0 Å². The lowest BCUT2D eigenvalue weighted by atomic mass is 9.99. The molecule has 6 heteroatoms. The summed E-state index contributed by atoms with van der Waals surface area (Å²) in [5.41, 5.74) is 4.40. The molecular formula is C26H26N2O3S. The minimum atomic E-state index is -0.368. The number of nitrogens with zero attached hydrogens (tertiary/aromatic N) is 2. The maximum atomic E-state index is 13.4. The highest BCUT2D eigenvalue weighted by Crippen LogP contribution is 2.31. The molecule has 2 heterocycles. The fourth-order valence-corrected chi connectivity index (χ4v) is 4.52. The first-order valence-electron chi connectivity index (χ1n) is 10.7. The van der Waals surface area contributed by atoms with E-state index < -0.39 is 0 Å². The number of aromatic nitrogens is 2. The molecule has 0 aliphatic heterocycles. The van der Waals surface area contributed by atoms with E-state index in [-0.39, 0.29) is 17.6 Å². The fourth-order valence-electron chi connectivity index (χ4n) is 3.62. The van der Waals surface area contributed by atoms with Crippen LogP contribution in [0, 0.1) is 0 Å². The van der Waals surface area contributed by atoms with Crippen LogP contribution < -0.4 is 5.56 Å². The van der Waals surface area contributed by atoms with Gasteiger partial charge in [-0.3, -0.25) is 9.36 Å². The molecule has 0 aliphatic carbocycles. The molecule has 0 saturated carbocycles. The van der Waals surface area contributed by atoms with Crippen LogP contribution in [0.4, 0.5) is 0 Å². The van der Waals surface area contributed by atoms with Crippen LogP contribution in [-0.4, -0.2) is 21.6 Å². The van der Waals surface area contributed by atoms with Crippen molar-refractivity contribution >= 4 is 27.5 Å². The van der Waals surface area contributed by atoms with Crippen molar-refractivity contribution in [2.45, 2.75) is 46.3 Å². The zero-order chi connectivity index (χ0) is 22.8. The molecule has 0 saturated heterocycles. The summed E-state index contributed by atoms with van der Waals surface area (Å²) in [5, 5.41) is 2.63. The van der Waals surface area contributed by atoms with Gasteiger partial charge in [-0.05, 0) is 48.6 Å². The summed E-state index contributed by atoms with van der Waals surface area (Å²) >= 11 is 1.47. The van der Waals surface area contributed by atoms with Gasteiger partial charge < -0.3 is 4.74 Å². The van der Waals surface area contributed by atoms with Crippen molar-refractivity contribution in [2.24, 2.45) is 0 Å². The Hall–Kier alpha value is -3.25. The molecule has 0 aliphatic rings. The van der Waals surface area contributed by atoms with Crippen molar-refractivity contribution in [1.29, 1.82) is 0 Å². The third-order valence-corrected chi connectivity index (χ3v) is 6.19. The van der Waals surface area contributed by atoms with Gasteiger partial charge in [0, 0.05) is 10.9 Å². The molecule has 2 aromatic heterocycles. The maximum absolute atomic E-state index is 13.4. The van der Waals surface area contributed by atoms with E-state index in [1.54, 1.807) is 29.1 Å². The van der Waals surface area contributed by atoms with E-state index in [0.29, 0.717) is 23.4 Å². The molecule has 164 valence electrons. The van der Waals surface area contributed by atoms with Crippen LogP contribution in [0.3, 0.4) is 0 Å². The summed E-state index contributed by atoms with van der Waals surface area (Å²) in [5.74, 6) is 0.0866. The van der Waals surface area contributed by atoms with Crippen molar-refractivity contribution in [3.8, 4) is 11.1 Å². The van der Waals surface area contributed by atoms with Crippen LogP contribution in [0.15, 0.2) is 65.0 Å². The minimum Gasteiger partial charge on any atom is -0.459 e. The summed E-state index contributed by atoms with van der Waals surface area (Å²) in [6.45, 7) is 8.28. The molecule has 4 aromatic rings. The van der Waals surface area contributed by atoms with Gasteiger partial charge in [-0.25, -0.2) is 9.78 Å². The SMILES string of the molecule is CC(C)OC(=O)c1cccc(Cn2cnc3scc(-c4ccc(C(C)C)cc4)c3c2=O)c1. The predicted molar refractivity (Wildman–Crippen MR) is 130 cm³/mol. The Morgan fingerprint density at radius 1 is 1.09 bits per heavy atom. The first-order valence-corrected chi connectivity index (χ1v) is 11.6. The lowest BCUT2D eigenvalue weighted by molar-refractivity contribution is 0.0377. The Balaban J connectivity index is 1.68. The van der Waals surface area contributed by atoms with Crippen molar-refractivity contribution < 1.29 is 9.53 Å². The summed E-state index contributed by atoms with van der Waals surface area (Å²) in [6.07, 6.45) is 1.39. The lowest BCUT2D eigenvalue weighted by Gasteiger charge is -2.10. The largest absolute Gasteiger partial charge is 0.459 e. The van der Waals surface area contributed by atoms with Crippen LogP contribution in [0.1, 0.15) is 55.1 Å². The molecule has 2 aromatic carbocycles. The van der Waals surface area contributed by atoms with Crippen molar-refractivity contribution in [1.82, 2.24) is 9.55 Å². The number of hydrogen-bond donors (Lipinski definition) is 0. The third kappa shape index (κ3) is 4.50. The van der Waals surface area contributed by atoms with Gasteiger partial charge in [0.15, 0.2) is 0 Å². The van der Waals surface area contributed by atoms with Gasteiger partial charge in [0.25, 0.3) is 5.56 Å². The van der Waals surface area contributed by atoms with Gasteiger partial charge in [-0.15, -0.1) is 11.3 Å². The summed E-state index contributed by atoms with van der Waals surface area (Å²) in [7, 11) is 0. The second-order valence-electron chi connectivity index (χ2n) is 8.44. The highest BCUT2D eigenvalue weighted by Gasteiger charge is 2.15. The number of benzene rings is 2. The number of rotatable bonds is 6. The number of fused-ring (bicyclic) bond motifs is 1. The Labute approximate surface area is 191 Å². The average molecular weight is 447 g/mol. The van der Waals surface area contributed by atoms with Crippen LogP contribution in [0.25, 0.3) is 21.3 Å². The molecular weight excluding hydrogens is 420 g/mol. The van der Waals surface area contributed by atoms with Crippen molar-refractivity contribution in [2.75, 3.05) is 0 Å². The average Bonchev–Trinajstić information content (AvgIpc) is 3.20. The van der Waals surface area contributed by atoms with Crippen LogP contribution in [0.5, 0.6) is 0 Å². The van der Waals surface area contributed by atoms with Crippen molar-refractivity contribution in [3.05, 3.63) is 87.3 Å². The first kappa shape index (κ1) is 22.0. The predicted octanol–water partition coefficient (Wildman–Crippen LogP) is 5.86. The van der Waals surface area contributed by atoms with Gasteiger partial charge in [-0.1, -0.05) is 50.2 Å². The molecule has 0 unspecified atom stereocenters. The smallest absolute Gasteiger partial charge is 0.338 e. The zero-order valence-corrected chi connectivity index (χ0v) is 19.5. The molecule has 0 bridgehead atoms. The molecule has 0 atom stereocenters. The lowest BCUT2D eigenvalue weighted by Crippen LogP contribution is -2.21.